The second kappa shape index (κ2) is 7.68. The molecule has 2 bridgehead atoms. The van der Waals surface area contributed by atoms with E-state index >= 15 is 0 Å². The van der Waals surface area contributed by atoms with E-state index in [-0.39, 0.29) is 52.9 Å². The molecular weight excluding hydrogens is 528 g/mol. The molecule has 2 spiro atoms. The number of ether oxygens (including phenoxy) is 3. The minimum Gasteiger partial charge on any atom is -0.461 e. The third-order valence-electron chi connectivity index (χ3n) is 13.5. The van der Waals surface area contributed by atoms with Crippen molar-refractivity contribution < 1.29 is 28.9 Å². The van der Waals surface area contributed by atoms with Crippen LogP contribution < -0.4 is 0 Å². The quantitative estimate of drug-likeness (QED) is 0.203. The van der Waals surface area contributed by atoms with Crippen molar-refractivity contribution in [3.05, 3.63) is 64.3 Å². The summed E-state index contributed by atoms with van der Waals surface area (Å²) >= 11 is 0. The number of fused-ring (bicyclic) bond motifs is 10. The van der Waals surface area contributed by atoms with Gasteiger partial charge >= 0.3 is 11.9 Å². The first-order valence-electron chi connectivity index (χ1n) is 16.0. The molecule has 5 aliphatic carbocycles. The molecule has 5 fully saturated rings. The molecule has 1 aromatic rings. The van der Waals surface area contributed by atoms with Gasteiger partial charge in [-0.1, -0.05) is 48.9 Å². The van der Waals surface area contributed by atoms with Crippen LogP contribution in [0, 0.1) is 34.5 Å². The first-order valence-corrected chi connectivity index (χ1v) is 16.0. The molecule has 11 atom stereocenters. The van der Waals surface area contributed by atoms with Crippen molar-refractivity contribution >= 4 is 18.0 Å². The molecule has 6 heteroatoms. The summed E-state index contributed by atoms with van der Waals surface area (Å²) in [6.45, 7) is 8.60. The van der Waals surface area contributed by atoms with Crippen LogP contribution in [0.4, 0.5) is 0 Å². The Hall–Kier alpha value is -2.70. The number of hydrogen-bond acceptors (Lipinski definition) is 6. The van der Waals surface area contributed by atoms with Gasteiger partial charge in [-0.2, -0.15) is 0 Å². The van der Waals surface area contributed by atoms with Crippen molar-refractivity contribution in [3.63, 3.8) is 0 Å². The lowest BCUT2D eigenvalue weighted by Crippen LogP contribution is -2.51. The summed E-state index contributed by atoms with van der Waals surface area (Å²) in [5, 5.41) is 12.0. The van der Waals surface area contributed by atoms with Crippen LogP contribution in [0.3, 0.4) is 0 Å². The van der Waals surface area contributed by atoms with Crippen molar-refractivity contribution in [1.82, 2.24) is 0 Å². The fraction of sp³-hybridized carbons (Fsp3) is 0.611. The molecule has 0 amide bonds. The number of carbonyl (C=O) groups excluding carboxylic acids is 2. The number of epoxide rings is 1. The summed E-state index contributed by atoms with van der Waals surface area (Å²) in [6, 6.07) is 9.91. The zero-order valence-electron chi connectivity index (χ0n) is 24.9. The van der Waals surface area contributed by atoms with Crippen LogP contribution in [-0.2, 0) is 23.8 Å². The number of rotatable bonds is 1. The summed E-state index contributed by atoms with van der Waals surface area (Å²) in [5.41, 5.74) is 2.31. The summed E-state index contributed by atoms with van der Waals surface area (Å²) in [5.74, 6) is -0.293. The van der Waals surface area contributed by atoms with Crippen LogP contribution in [0.5, 0.6) is 0 Å². The Morgan fingerprint density at radius 3 is 2.55 bits per heavy atom. The van der Waals surface area contributed by atoms with E-state index in [1.807, 2.05) is 43.3 Å². The molecule has 0 radical (unpaired) electrons. The molecule has 220 valence electrons. The largest absolute Gasteiger partial charge is 0.461 e. The highest BCUT2D eigenvalue weighted by molar-refractivity contribution is 5.97. The molecule has 3 aliphatic heterocycles. The van der Waals surface area contributed by atoms with Gasteiger partial charge in [0.15, 0.2) is 0 Å². The molecule has 42 heavy (non-hydrogen) atoms. The fourth-order valence-electron chi connectivity index (χ4n) is 11.7. The van der Waals surface area contributed by atoms with Crippen molar-refractivity contribution in [1.29, 1.82) is 0 Å². The lowest BCUT2D eigenvalue weighted by molar-refractivity contribution is -0.154. The third-order valence-corrected chi connectivity index (χ3v) is 13.5. The van der Waals surface area contributed by atoms with Crippen LogP contribution >= 0.6 is 0 Å². The van der Waals surface area contributed by atoms with Crippen molar-refractivity contribution in [2.45, 2.75) is 102 Å². The molecule has 3 saturated heterocycles. The predicted molar refractivity (Wildman–Crippen MR) is 155 cm³/mol. The molecule has 1 aromatic carbocycles. The van der Waals surface area contributed by atoms with E-state index in [0.717, 1.165) is 42.4 Å². The standard InChI is InChI=1S/C36H40O6/c1-19-10-15-36-25(19)29-24(12-14-34(36,4)42-36)35(31(38)41-29)18-21-17-32(35,2)27-26(21)33(3,39)13-11-22-23(30(37)40-28(22)27)16-20-8-6-5-7-9-20/h5-10,16,21-22,24-25,28-29,39H,11-15,17-18H2,1-4H3/b23-16+/t21-,22-,24+,25+,28-,29-,32+,33-,34-,35-,36+/m0/s1. The van der Waals surface area contributed by atoms with Gasteiger partial charge in [-0.25, -0.2) is 4.79 Å². The smallest absolute Gasteiger partial charge is 0.335 e. The maximum atomic E-state index is 14.5. The van der Waals surface area contributed by atoms with Crippen LogP contribution in [0.25, 0.3) is 6.08 Å². The van der Waals surface area contributed by atoms with Crippen LogP contribution in [0.15, 0.2) is 58.7 Å². The summed E-state index contributed by atoms with van der Waals surface area (Å²) in [6.07, 6.45) is 9.00. The minimum atomic E-state index is -1.00. The van der Waals surface area contributed by atoms with E-state index in [4.69, 9.17) is 14.2 Å². The van der Waals surface area contributed by atoms with Crippen LogP contribution in [0.1, 0.15) is 78.2 Å². The topological polar surface area (TPSA) is 85.4 Å². The molecule has 0 aromatic heterocycles. The van der Waals surface area contributed by atoms with Gasteiger partial charge in [-0.05, 0) is 94.4 Å². The van der Waals surface area contributed by atoms with Gasteiger partial charge in [0, 0.05) is 28.7 Å². The Labute approximate surface area is 247 Å². The monoisotopic (exact) mass is 568 g/mol. The van der Waals surface area contributed by atoms with Gasteiger partial charge in [0.05, 0.1) is 16.6 Å². The molecule has 8 aliphatic rings. The van der Waals surface area contributed by atoms with Crippen molar-refractivity contribution in [2.24, 2.45) is 34.5 Å². The first kappa shape index (κ1) is 25.8. The Bertz CT molecular complexity index is 1550. The zero-order chi connectivity index (χ0) is 29.0. The third kappa shape index (κ3) is 2.77. The Morgan fingerprint density at radius 2 is 1.76 bits per heavy atom. The molecule has 3 heterocycles. The Balaban J connectivity index is 1.18. The summed E-state index contributed by atoms with van der Waals surface area (Å²) < 4.78 is 19.4. The van der Waals surface area contributed by atoms with Gasteiger partial charge in [0.2, 0.25) is 0 Å². The van der Waals surface area contributed by atoms with Gasteiger partial charge in [0.1, 0.15) is 17.8 Å². The van der Waals surface area contributed by atoms with E-state index in [1.54, 1.807) is 0 Å². The molecule has 2 saturated carbocycles. The number of benzene rings is 1. The SMILES string of the molecule is CC1=CC[C@]23O[C@@]2(C)CC[C@@H]2[C@H](OC(=O)[C@]24C[C@@H]2C[C@]4(C)C4=C2[C@@](C)(O)CC[C@H]2/C(=C\c5ccccc5)C(=O)O[C@H]42)[C@@H]13. The fourth-order valence-corrected chi connectivity index (χ4v) is 11.7. The molecule has 1 N–H and O–H groups in total. The van der Waals surface area contributed by atoms with E-state index in [0.29, 0.717) is 24.8 Å². The summed E-state index contributed by atoms with van der Waals surface area (Å²) in [4.78, 5) is 28.0. The van der Waals surface area contributed by atoms with Gasteiger partial charge < -0.3 is 19.3 Å². The second-order valence-corrected chi connectivity index (χ2v) is 15.4. The van der Waals surface area contributed by atoms with Crippen LogP contribution in [0.2, 0.25) is 0 Å². The minimum absolute atomic E-state index is 0.0636. The second-order valence-electron chi connectivity index (χ2n) is 15.4. The van der Waals surface area contributed by atoms with E-state index in [2.05, 4.69) is 26.8 Å². The molecule has 9 rings (SSSR count). The van der Waals surface area contributed by atoms with Crippen LogP contribution in [-0.4, -0.2) is 46.1 Å². The highest BCUT2D eigenvalue weighted by atomic mass is 16.6. The highest BCUT2D eigenvalue weighted by Crippen LogP contribution is 2.78. The Kier molecular flexibility index (Phi) is 4.71. The van der Waals surface area contributed by atoms with Gasteiger partial charge in [-0.3, -0.25) is 4.79 Å². The average molecular weight is 569 g/mol. The molecular formula is C36H40O6. The number of carbonyl (C=O) groups is 2. The maximum Gasteiger partial charge on any atom is 0.335 e. The number of hydrogen-bond donors (Lipinski definition) is 1. The van der Waals surface area contributed by atoms with Crippen molar-refractivity contribution in [2.75, 3.05) is 0 Å². The van der Waals surface area contributed by atoms with Gasteiger partial charge in [-0.15, -0.1) is 0 Å². The molecule has 0 unspecified atom stereocenters. The van der Waals surface area contributed by atoms with Crippen molar-refractivity contribution in [3.8, 4) is 0 Å². The van der Waals surface area contributed by atoms with Gasteiger partial charge in [0.25, 0.3) is 0 Å². The Morgan fingerprint density at radius 1 is 0.976 bits per heavy atom. The predicted octanol–water partition coefficient (Wildman–Crippen LogP) is 5.70. The van der Waals surface area contributed by atoms with E-state index in [9.17, 15) is 14.7 Å². The summed E-state index contributed by atoms with van der Waals surface area (Å²) in [7, 11) is 0. The first-order chi connectivity index (χ1) is 20.0. The lowest BCUT2D eigenvalue weighted by atomic mass is 9.52. The van der Waals surface area contributed by atoms with E-state index < -0.39 is 22.5 Å². The average Bonchev–Trinajstić information content (AvgIpc) is 3.32. The van der Waals surface area contributed by atoms with E-state index in [1.165, 1.54) is 5.57 Å². The number of esters is 2. The maximum absolute atomic E-state index is 14.5. The highest BCUT2D eigenvalue weighted by Gasteiger charge is 2.82. The lowest BCUT2D eigenvalue weighted by Gasteiger charge is -2.48. The zero-order valence-corrected chi connectivity index (χ0v) is 24.9. The molecule has 6 nitrogen and oxygen atoms in total. The number of aliphatic hydroxyl groups is 1. The normalized spacial score (nSPS) is 52.2.